The lowest BCUT2D eigenvalue weighted by Crippen LogP contribution is -2.55. The molecule has 0 spiro atoms. The van der Waals surface area contributed by atoms with Gasteiger partial charge in [-0.1, -0.05) is 20.3 Å². The Morgan fingerprint density at radius 2 is 1.76 bits per heavy atom. The Balaban J connectivity index is 4.65. The minimum Gasteiger partial charge on any atom is -0.480 e. The van der Waals surface area contributed by atoms with Gasteiger partial charge in [-0.15, -0.1) is 0 Å². The van der Waals surface area contributed by atoms with E-state index in [4.69, 9.17) is 10.8 Å². The standard InChI is InChI=1S/C14H26N4O6S/c1-3-7(2)11(14(23)24)18-13(22)9(6-25)17-10(20)4-16-12(21)8(15)5-19/h7-9,11,19,25H,3-6,15H2,1-2H3,(H,16,21)(H,17,20)(H,18,22)(H,23,24). The molecule has 0 aliphatic heterocycles. The number of aliphatic hydroxyl groups is 1. The smallest absolute Gasteiger partial charge is 0.326 e. The highest BCUT2D eigenvalue weighted by atomic mass is 32.1. The summed E-state index contributed by atoms with van der Waals surface area (Å²) in [4.78, 5) is 46.5. The second kappa shape index (κ2) is 11.7. The molecule has 3 amide bonds. The van der Waals surface area contributed by atoms with Crippen molar-refractivity contribution in [2.45, 2.75) is 38.4 Å². The number of carbonyl (C=O) groups is 4. The minimum absolute atomic E-state index is 0.0610. The SMILES string of the molecule is CCC(C)C(NC(=O)C(CS)NC(=O)CNC(=O)C(N)CO)C(=O)O. The molecule has 0 aromatic heterocycles. The van der Waals surface area contributed by atoms with E-state index in [1.165, 1.54) is 0 Å². The van der Waals surface area contributed by atoms with Crippen LogP contribution in [0.1, 0.15) is 20.3 Å². The van der Waals surface area contributed by atoms with E-state index in [2.05, 4.69) is 28.6 Å². The summed E-state index contributed by atoms with van der Waals surface area (Å²) in [6.45, 7) is 2.47. The molecule has 0 aliphatic rings. The third-order valence-corrected chi connectivity index (χ3v) is 3.93. The van der Waals surface area contributed by atoms with Crippen LogP contribution in [0.3, 0.4) is 0 Å². The average Bonchev–Trinajstić information content (AvgIpc) is 2.59. The van der Waals surface area contributed by atoms with Crippen molar-refractivity contribution < 1.29 is 29.4 Å². The van der Waals surface area contributed by atoms with Crippen molar-refractivity contribution in [2.24, 2.45) is 11.7 Å². The highest BCUT2D eigenvalue weighted by Gasteiger charge is 2.29. The number of amides is 3. The van der Waals surface area contributed by atoms with E-state index >= 15 is 0 Å². The Hall–Kier alpha value is -1.85. The van der Waals surface area contributed by atoms with Crippen LogP contribution in [0, 0.1) is 5.92 Å². The molecule has 0 aromatic rings. The molecular formula is C14H26N4O6S. The summed E-state index contributed by atoms with van der Waals surface area (Å²) >= 11 is 3.97. The fourth-order valence-electron chi connectivity index (χ4n) is 1.76. The van der Waals surface area contributed by atoms with Gasteiger partial charge in [0.25, 0.3) is 0 Å². The first-order valence-corrected chi connectivity index (χ1v) is 8.38. The molecule has 7 N–H and O–H groups in total. The van der Waals surface area contributed by atoms with Crippen molar-refractivity contribution in [2.75, 3.05) is 18.9 Å². The molecule has 0 aromatic carbocycles. The maximum absolute atomic E-state index is 12.2. The van der Waals surface area contributed by atoms with Crippen LogP contribution >= 0.6 is 12.6 Å². The first-order valence-electron chi connectivity index (χ1n) is 7.75. The first kappa shape index (κ1) is 23.1. The van der Waals surface area contributed by atoms with Gasteiger partial charge in [-0.3, -0.25) is 14.4 Å². The van der Waals surface area contributed by atoms with Crippen LogP contribution in [-0.4, -0.2) is 70.9 Å². The van der Waals surface area contributed by atoms with Crippen molar-refractivity contribution in [1.82, 2.24) is 16.0 Å². The monoisotopic (exact) mass is 378 g/mol. The van der Waals surface area contributed by atoms with E-state index in [0.717, 1.165) is 0 Å². The Kier molecular flexibility index (Phi) is 10.8. The van der Waals surface area contributed by atoms with E-state index < -0.39 is 55.0 Å². The fourth-order valence-corrected chi connectivity index (χ4v) is 2.01. The summed E-state index contributed by atoms with van der Waals surface area (Å²) in [7, 11) is 0. The van der Waals surface area contributed by atoms with Gasteiger partial charge in [0.15, 0.2) is 0 Å². The second-order valence-corrected chi connectivity index (χ2v) is 5.88. The summed E-state index contributed by atoms with van der Waals surface area (Å²) in [6, 6.07) is -3.30. The summed E-state index contributed by atoms with van der Waals surface area (Å²) in [6.07, 6.45) is 0.548. The highest BCUT2D eigenvalue weighted by Crippen LogP contribution is 2.08. The lowest BCUT2D eigenvalue weighted by molar-refractivity contribution is -0.143. The molecule has 0 saturated carbocycles. The Morgan fingerprint density at radius 1 is 1.16 bits per heavy atom. The number of thiol groups is 1. The van der Waals surface area contributed by atoms with Crippen LogP contribution in [-0.2, 0) is 19.2 Å². The topological polar surface area (TPSA) is 171 Å². The summed E-state index contributed by atoms with van der Waals surface area (Å²) in [5.74, 6) is -3.60. The van der Waals surface area contributed by atoms with Crippen molar-refractivity contribution >= 4 is 36.3 Å². The van der Waals surface area contributed by atoms with Crippen LogP contribution < -0.4 is 21.7 Å². The molecule has 0 fully saturated rings. The summed E-state index contributed by atoms with van der Waals surface area (Å²) in [5, 5.41) is 24.8. The second-order valence-electron chi connectivity index (χ2n) is 5.52. The van der Waals surface area contributed by atoms with E-state index in [1.807, 2.05) is 0 Å². The van der Waals surface area contributed by atoms with Gasteiger partial charge in [0.2, 0.25) is 17.7 Å². The lowest BCUT2D eigenvalue weighted by atomic mass is 9.99. The van der Waals surface area contributed by atoms with Gasteiger partial charge >= 0.3 is 5.97 Å². The van der Waals surface area contributed by atoms with Gasteiger partial charge in [0.05, 0.1) is 13.2 Å². The predicted octanol–water partition coefficient (Wildman–Crippen LogP) is -2.55. The third-order valence-electron chi connectivity index (χ3n) is 3.57. The van der Waals surface area contributed by atoms with Crippen molar-refractivity contribution in [3.8, 4) is 0 Å². The van der Waals surface area contributed by atoms with Crippen molar-refractivity contribution in [1.29, 1.82) is 0 Å². The molecule has 4 atom stereocenters. The molecule has 0 heterocycles. The first-order chi connectivity index (χ1) is 11.7. The van der Waals surface area contributed by atoms with Crippen LogP contribution in [0.25, 0.3) is 0 Å². The molecular weight excluding hydrogens is 352 g/mol. The molecule has 0 aliphatic carbocycles. The molecule has 4 unspecified atom stereocenters. The number of carboxylic acid groups (broad SMARTS) is 1. The zero-order valence-corrected chi connectivity index (χ0v) is 15.1. The average molecular weight is 378 g/mol. The number of aliphatic carboxylic acids is 1. The molecule has 0 rings (SSSR count). The maximum Gasteiger partial charge on any atom is 0.326 e. The summed E-state index contributed by atoms with van der Waals surface area (Å²) < 4.78 is 0. The number of rotatable bonds is 11. The molecule has 25 heavy (non-hydrogen) atoms. The van der Waals surface area contributed by atoms with Gasteiger partial charge in [-0.2, -0.15) is 12.6 Å². The van der Waals surface area contributed by atoms with Crippen LogP contribution in [0.15, 0.2) is 0 Å². The van der Waals surface area contributed by atoms with E-state index in [9.17, 15) is 24.3 Å². The fraction of sp³-hybridized carbons (Fsp3) is 0.714. The Labute approximate surface area is 151 Å². The number of carbonyl (C=O) groups excluding carboxylic acids is 3. The molecule has 0 saturated heterocycles. The number of aliphatic hydroxyl groups excluding tert-OH is 1. The van der Waals surface area contributed by atoms with Crippen LogP contribution in [0.5, 0.6) is 0 Å². The van der Waals surface area contributed by atoms with Crippen molar-refractivity contribution in [3.63, 3.8) is 0 Å². The minimum atomic E-state index is -1.17. The molecule has 144 valence electrons. The number of hydrogen-bond donors (Lipinski definition) is 7. The normalized spacial score (nSPS) is 15.4. The molecule has 0 radical (unpaired) electrons. The third kappa shape index (κ3) is 8.18. The Bertz CT molecular complexity index is 490. The van der Waals surface area contributed by atoms with E-state index in [0.29, 0.717) is 6.42 Å². The van der Waals surface area contributed by atoms with Crippen LogP contribution in [0.2, 0.25) is 0 Å². The van der Waals surface area contributed by atoms with Crippen LogP contribution in [0.4, 0.5) is 0 Å². The quantitative estimate of drug-likeness (QED) is 0.194. The Morgan fingerprint density at radius 3 is 2.20 bits per heavy atom. The molecule has 11 heteroatoms. The van der Waals surface area contributed by atoms with Gasteiger partial charge in [0, 0.05) is 5.75 Å². The van der Waals surface area contributed by atoms with Gasteiger partial charge in [-0.05, 0) is 5.92 Å². The lowest BCUT2D eigenvalue weighted by Gasteiger charge is -2.23. The zero-order chi connectivity index (χ0) is 19.6. The van der Waals surface area contributed by atoms with E-state index in [-0.39, 0.29) is 11.7 Å². The molecule has 10 nitrogen and oxygen atoms in total. The van der Waals surface area contributed by atoms with Gasteiger partial charge < -0.3 is 31.9 Å². The van der Waals surface area contributed by atoms with Gasteiger partial charge in [0.1, 0.15) is 18.1 Å². The van der Waals surface area contributed by atoms with Gasteiger partial charge in [-0.25, -0.2) is 4.79 Å². The molecule has 0 bridgehead atoms. The predicted molar refractivity (Wildman–Crippen MR) is 92.9 cm³/mol. The zero-order valence-electron chi connectivity index (χ0n) is 14.2. The number of hydrogen-bond acceptors (Lipinski definition) is 7. The van der Waals surface area contributed by atoms with E-state index in [1.54, 1.807) is 13.8 Å². The maximum atomic E-state index is 12.2. The largest absolute Gasteiger partial charge is 0.480 e. The number of carboxylic acids is 1. The van der Waals surface area contributed by atoms with Crippen molar-refractivity contribution in [3.05, 3.63) is 0 Å². The number of nitrogens with one attached hydrogen (secondary N) is 3. The summed E-state index contributed by atoms with van der Waals surface area (Å²) in [5.41, 5.74) is 5.28. The number of nitrogens with two attached hydrogens (primary N) is 1. The highest BCUT2D eigenvalue weighted by molar-refractivity contribution is 7.80.